The first-order chi connectivity index (χ1) is 7.27. The van der Waals surface area contributed by atoms with Crippen molar-refractivity contribution in [2.45, 2.75) is 13.5 Å². The summed E-state index contributed by atoms with van der Waals surface area (Å²) in [6.07, 6.45) is 3.29. The van der Waals surface area contributed by atoms with Crippen LogP contribution in [0.2, 0.25) is 0 Å². The molecular formula is C9H12N4O2. The highest BCUT2D eigenvalue weighted by molar-refractivity contribution is 5.73. The van der Waals surface area contributed by atoms with Gasteiger partial charge in [-0.25, -0.2) is 4.79 Å². The zero-order valence-corrected chi connectivity index (χ0v) is 8.38. The highest BCUT2D eigenvalue weighted by atomic mass is 16.3. The smallest absolute Gasteiger partial charge is 0.332 e. The molecule has 1 N–H and O–H groups in total. The molecule has 80 valence electrons. The van der Waals surface area contributed by atoms with E-state index in [1.165, 1.54) is 0 Å². The van der Waals surface area contributed by atoms with E-state index in [0.29, 0.717) is 6.54 Å². The number of hydrogen-bond acceptors (Lipinski definition) is 4. The molecule has 15 heavy (non-hydrogen) atoms. The normalized spacial score (nSPS) is 9.40. The molecule has 0 radical (unpaired) electrons. The number of amides is 2. The summed E-state index contributed by atoms with van der Waals surface area (Å²) < 4.78 is 0. The van der Waals surface area contributed by atoms with Gasteiger partial charge < -0.3 is 5.32 Å². The molecule has 1 rings (SSSR count). The highest BCUT2D eigenvalue weighted by Crippen LogP contribution is 1.96. The van der Waals surface area contributed by atoms with Crippen LogP contribution in [-0.2, 0) is 6.54 Å². The van der Waals surface area contributed by atoms with Gasteiger partial charge in [0, 0.05) is 25.5 Å². The molecule has 0 spiro atoms. The molecule has 1 aromatic heterocycles. The second-order valence-corrected chi connectivity index (χ2v) is 2.82. The van der Waals surface area contributed by atoms with E-state index in [1.54, 1.807) is 25.4 Å². The van der Waals surface area contributed by atoms with E-state index in [-0.39, 0.29) is 6.54 Å². The predicted molar refractivity (Wildman–Crippen MR) is 54.6 cm³/mol. The minimum atomic E-state index is -0.503. The summed E-state index contributed by atoms with van der Waals surface area (Å²) in [5.41, 5.74) is 0.868. The SMILES string of the molecule is CCN(N=O)C(=O)NCc1cccnc1. The van der Waals surface area contributed by atoms with Gasteiger partial charge >= 0.3 is 6.03 Å². The van der Waals surface area contributed by atoms with Crippen LogP contribution in [0.15, 0.2) is 29.8 Å². The third-order valence-electron chi connectivity index (χ3n) is 1.80. The number of urea groups is 1. The van der Waals surface area contributed by atoms with Gasteiger partial charge in [-0.05, 0) is 18.6 Å². The van der Waals surface area contributed by atoms with Gasteiger partial charge in [0.05, 0.1) is 5.29 Å². The van der Waals surface area contributed by atoms with E-state index in [2.05, 4.69) is 15.6 Å². The summed E-state index contributed by atoms with van der Waals surface area (Å²) in [6.45, 7) is 2.26. The van der Waals surface area contributed by atoms with Crippen molar-refractivity contribution in [3.05, 3.63) is 35.0 Å². The number of carbonyl (C=O) groups is 1. The molecule has 0 atom stereocenters. The van der Waals surface area contributed by atoms with Crippen LogP contribution in [0.4, 0.5) is 4.79 Å². The van der Waals surface area contributed by atoms with Gasteiger partial charge in [0.15, 0.2) is 0 Å². The maximum Gasteiger partial charge on any atom is 0.340 e. The summed E-state index contributed by atoms with van der Waals surface area (Å²) in [7, 11) is 0. The first-order valence-electron chi connectivity index (χ1n) is 4.55. The Labute approximate surface area is 87.2 Å². The lowest BCUT2D eigenvalue weighted by Gasteiger charge is -2.11. The van der Waals surface area contributed by atoms with E-state index in [1.807, 2.05) is 6.07 Å². The van der Waals surface area contributed by atoms with E-state index < -0.39 is 6.03 Å². The maximum atomic E-state index is 11.3. The first-order valence-corrected chi connectivity index (χ1v) is 4.55. The van der Waals surface area contributed by atoms with Crippen molar-refractivity contribution in [2.24, 2.45) is 5.29 Å². The lowest BCUT2D eigenvalue weighted by atomic mass is 10.3. The van der Waals surface area contributed by atoms with Gasteiger partial charge in [0.1, 0.15) is 0 Å². The Morgan fingerprint density at radius 1 is 1.67 bits per heavy atom. The molecule has 0 aromatic carbocycles. The minimum absolute atomic E-state index is 0.252. The number of pyridine rings is 1. The fourth-order valence-corrected chi connectivity index (χ4v) is 1.01. The van der Waals surface area contributed by atoms with Crippen LogP contribution >= 0.6 is 0 Å². The number of nitrogens with one attached hydrogen (secondary N) is 1. The van der Waals surface area contributed by atoms with Crippen molar-refractivity contribution in [3.8, 4) is 0 Å². The number of rotatable bonds is 4. The van der Waals surface area contributed by atoms with E-state index >= 15 is 0 Å². The van der Waals surface area contributed by atoms with E-state index in [9.17, 15) is 9.70 Å². The van der Waals surface area contributed by atoms with Crippen molar-refractivity contribution in [2.75, 3.05) is 6.54 Å². The molecule has 0 aliphatic heterocycles. The Bertz CT molecular complexity index is 328. The lowest BCUT2D eigenvalue weighted by Crippen LogP contribution is -2.35. The van der Waals surface area contributed by atoms with Crippen LogP contribution < -0.4 is 5.32 Å². The molecular weight excluding hydrogens is 196 g/mol. The molecule has 1 aromatic rings. The summed E-state index contributed by atoms with van der Waals surface area (Å²) in [5.74, 6) is 0. The summed E-state index contributed by atoms with van der Waals surface area (Å²) in [4.78, 5) is 25.4. The number of nitroso groups, excluding NO2 is 1. The van der Waals surface area contributed by atoms with E-state index in [0.717, 1.165) is 10.6 Å². The van der Waals surface area contributed by atoms with Gasteiger partial charge in [-0.3, -0.25) is 4.98 Å². The predicted octanol–water partition coefficient (Wildman–Crippen LogP) is 1.29. The molecule has 0 aliphatic rings. The number of carbonyl (C=O) groups excluding carboxylic acids is 1. The monoisotopic (exact) mass is 208 g/mol. The molecule has 6 heteroatoms. The Morgan fingerprint density at radius 3 is 3.00 bits per heavy atom. The number of nitrogens with zero attached hydrogens (tertiary/aromatic N) is 3. The van der Waals surface area contributed by atoms with Crippen LogP contribution in [0.5, 0.6) is 0 Å². The van der Waals surface area contributed by atoms with Crippen LogP contribution in [-0.4, -0.2) is 22.6 Å². The average Bonchev–Trinajstić information content (AvgIpc) is 2.29. The third-order valence-corrected chi connectivity index (χ3v) is 1.80. The molecule has 0 fully saturated rings. The fourth-order valence-electron chi connectivity index (χ4n) is 1.01. The highest BCUT2D eigenvalue weighted by Gasteiger charge is 2.10. The zero-order valence-electron chi connectivity index (χ0n) is 8.38. The van der Waals surface area contributed by atoms with Crippen molar-refractivity contribution in [3.63, 3.8) is 0 Å². The second kappa shape index (κ2) is 5.69. The summed E-state index contributed by atoms with van der Waals surface area (Å²) >= 11 is 0. The fraction of sp³-hybridized carbons (Fsp3) is 0.333. The first kappa shape index (κ1) is 11.1. The van der Waals surface area contributed by atoms with Gasteiger partial charge in [0.25, 0.3) is 0 Å². The van der Waals surface area contributed by atoms with Crippen molar-refractivity contribution >= 4 is 6.03 Å². The Balaban J connectivity index is 2.44. The van der Waals surface area contributed by atoms with E-state index in [4.69, 9.17) is 0 Å². The van der Waals surface area contributed by atoms with Gasteiger partial charge in [-0.1, -0.05) is 6.07 Å². The quantitative estimate of drug-likeness (QED) is 0.598. The number of aromatic nitrogens is 1. The molecule has 1 heterocycles. The van der Waals surface area contributed by atoms with Crippen LogP contribution in [0.1, 0.15) is 12.5 Å². The number of hydrogen-bond donors (Lipinski definition) is 1. The minimum Gasteiger partial charge on any atom is -0.332 e. The van der Waals surface area contributed by atoms with Gasteiger partial charge in [-0.15, -0.1) is 4.91 Å². The van der Waals surface area contributed by atoms with Crippen LogP contribution in [0.3, 0.4) is 0 Å². The maximum absolute atomic E-state index is 11.3. The second-order valence-electron chi connectivity index (χ2n) is 2.82. The lowest BCUT2D eigenvalue weighted by molar-refractivity contribution is 0.201. The van der Waals surface area contributed by atoms with Gasteiger partial charge in [-0.2, -0.15) is 5.01 Å². The Hall–Kier alpha value is -1.98. The molecule has 6 nitrogen and oxygen atoms in total. The van der Waals surface area contributed by atoms with Crippen LogP contribution in [0, 0.1) is 4.91 Å². The topological polar surface area (TPSA) is 74.7 Å². The Kier molecular flexibility index (Phi) is 4.21. The van der Waals surface area contributed by atoms with Crippen molar-refractivity contribution in [1.82, 2.24) is 15.3 Å². The third kappa shape index (κ3) is 3.34. The van der Waals surface area contributed by atoms with Crippen molar-refractivity contribution in [1.29, 1.82) is 0 Å². The van der Waals surface area contributed by atoms with Gasteiger partial charge in [0.2, 0.25) is 0 Å². The molecule has 0 saturated carbocycles. The molecule has 2 amide bonds. The molecule has 0 bridgehead atoms. The standard InChI is InChI=1S/C9H12N4O2/c1-2-13(12-15)9(14)11-7-8-4-3-5-10-6-8/h3-6H,2,7H2,1H3,(H,11,14). The summed E-state index contributed by atoms with van der Waals surface area (Å²) in [6, 6.07) is 3.10. The average molecular weight is 208 g/mol. The largest absolute Gasteiger partial charge is 0.340 e. The summed E-state index contributed by atoms with van der Waals surface area (Å²) in [5, 5.41) is 5.94. The molecule has 0 saturated heterocycles. The van der Waals surface area contributed by atoms with Crippen LogP contribution in [0.25, 0.3) is 0 Å². The Morgan fingerprint density at radius 2 is 2.47 bits per heavy atom. The molecule has 0 aliphatic carbocycles. The van der Waals surface area contributed by atoms with Crippen molar-refractivity contribution < 1.29 is 4.79 Å². The molecule has 0 unspecified atom stereocenters. The zero-order chi connectivity index (χ0) is 11.1.